The number of anilines is 1. The number of pyridine rings is 1. The van der Waals surface area contributed by atoms with Crippen molar-refractivity contribution in [2.45, 2.75) is 0 Å². The summed E-state index contributed by atoms with van der Waals surface area (Å²) >= 11 is 0. The zero-order valence-corrected chi connectivity index (χ0v) is 7.02. The predicted octanol–water partition coefficient (Wildman–Crippen LogP) is 2.11. The van der Waals surface area contributed by atoms with Crippen LogP contribution in [0, 0.1) is 5.95 Å². The molecule has 0 aromatic carbocycles. The van der Waals surface area contributed by atoms with E-state index in [1.165, 1.54) is 6.20 Å². The molecule has 1 aliphatic heterocycles. The first-order chi connectivity index (χ1) is 6.38. The first-order valence-electron chi connectivity index (χ1n) is 4.08. The number of hydrogen-bond donors (Lipinski definition) is 0. The van der Waals surface area contributed by atoms with Crippen LogP contribution in [0.25, 0.3) is 0 Å². The molecule has 0 fully saturated rings. The Morgan fingerprint density at radius 1 is 1.38 bits per heavy atom. The largest absolute Gasteiger partial charge is 0.340 e. The maximum atomic E-state index is 13.2. The second-order valence-electron chi connectivity index (χ2n) is 2.74. The molecule has 0 radical (unpaired) electrons. The lowest BCUT2D eigenvalue weighted by Gasteiger charge is -2.20. The van der Waals surface area contributed by atoms with E-state index in [9.17, 15) is 4.39 Å². The summed E-state index contributed by atoms with van der Waals surface area (Å²) in [7, 11) is 0. The fourth-order valence-corrected chi connectivity index (χ4v) is 1.24. The quantitative estimate of drug-likeness (QED) is 0.609. The Labute approximate surface area is 76.0 Å². The Hall–Kier alpha value is -1.64. The molecule has 0 bridgehead atoms. The second-order valence-corrected chi connectivity index (χ2v) is 2.74. The average molecular weight is 176 g/mol. The zero-order chi connectivity index (χ0) is 9.10. The molecule has 1 aliphatic rings. The molecule has 0 spiro atoms. The minimum absolute atomic E-state index is 0.428. The first kappa shape index (κ1) is 7.98. The number of allylic oxidation sites excluding steroid dienone is 2. The minimum Gasteiger partial charge on any atom is -0.340 e. The molecule has 1 aromatic heterocycles. The van der Waals surface area contributed by atoms with Crippen LogP contribution in [0.1, 0.15) is 0 Å². The number of hydrogen-bond acceptors (Lipinski definition) is 2. The molecule has 0 aliphatic carbocycles. The van der Waals surface area contributed by atoms with Crippen LogP contribution in [0.15, 0.2) is 42.8 Å². The molecule has 13 heavy (non-hydrogen) atoms. The van der Waals surface area contributed by atoms with Crippen molar-refractivity contribution in [1.29, 1.82) is 0 Å². The lowest BCUT2D eigenvalue weighted by molar-refractivity contribution is 0.583. The zero-order valence-electron chi connectivity index (χ0n) is 7.02. The lowest BCUT2D eigenvalue weighted by atomic mass is 10.3. The second kappa shape index (κ2) is 3.39. The summed E-state index contributed by atoms with van der Waals surface area (Å²) in [6.45, 7) is 0.694. The van der Waals surface area contributed by atoms with Crippen LogP contribution < -0.4 is 4.90 Å². The molecular formula is C10H9FN2. The predicted molar refractivity (Wildman–Crippen MR) is 49.8 cm³/mol. The van der Waals surface area contributed by atoms with Crippen LogP contribution in [-0.4, -0.2) is 11.5 Å². The maximum Gasteiger partial charge on any atom is 0.236 e. The highest BCUT2D eigenvalue weighted by molar-refractivity contribution is 5.50. The molecule has 0 atom stereocenters. The molecule has 0 saturated heterocycles. The van der Waals surface area contributed by atoms with Crippen LogP contribution in [-0.2, 0) is 0 Å². The van der Waals surface area contributed by atoms with Crippen LogP contribution >= 0.6 is 0 Å². The fourth-order valence-electron chi connectivity index (χ4n) is 1.24. The highest BCUT2D eigenvalue weighted by Crippen LogP contribution is 2.18. The third-order valence-corrected chi connectivity index (χ3v) is 1.86. The van der Waals surface area contributed by atoms with Crippen molar-refractivity contribution in [3.63, 3.8) is 0 Å². The van der Waals surface area contributed by atoms with E-state index in [1.807, 2.05) is 29.3 Å². The van der Waals surface area contributed by atoms with Gasteiger partial charge in [0.2, 0.25) is 5.95 Å². The Morgan fingerprint density at radius 3 is 3.00 bits per heavy atom. The fraction of sp³-hybridized carbons (Fsp3) is 0.100. The van der Waals surface area contributed by atoms with Gasteiger partial charge in [-0.15, -0.1) is 0 Å². The summed E-state index contributed by atoms with van der Waals surface area (Å²) in [6.07, 6.45) is 9.05. The Bertz CT molecular complexity index is 358. The van der Waals surface area contributed by atoms with Crippen molar-refractivity contribution in [3.8, 4) is 0 Å². The molecule has 2 heterocycles. The van der Waals surface area contributed by atoms with E-state index in [0.717, 1.165) is 0 Å². The Kier molecular flexibility index (Phi) is 2.08. The monoisotopic (exact) mass is 176 g/mol. The van der Waals surface area contributed by atoms with E-state index in [4.69, 9.17) is 0 Å². The molecule has 0 N–H and O–H groups in total. The molecule has 1 aromatic rings. The topological polar surface area (TPSA) is 16.1 Å². The third-order valence-electron chi connectivity index (χ3n) is 1.86. The van der Waals surface area contributed by atoms with E-state index >= 15 is 0 Å². The summed E-state index contributed by atoms with van der Waals surface area (Å²) in [5.41, 5.74) is 0.517. The number of rotatable bonds is 1. The summed E-state index contributed by atoms with van der Waals surface area (Å²) < 4.78 is 13.2. The van der Waals surface area contributed by atoms with E-state index in [0.29, 0.717) is 12.2 Å². The SMILES string of the molecule is Fc1ncccc1N1C=CC=CC1. The van der Waals surface area contributed by atoms with Crippen LogP contribution in [0.3, 0.4) is 0 Å². The Balaban J connectivity index is 2.30. The summed E-state index contributed by atoms with van der Waals surface area (Å²) in [5.74, 6) is -0.428. The van der Waals surface area contributed by atoms with Gasteiger partial charge in [0.15, 0.2) is 0 Å². The molecule has 0 saturated carbocycles. The van der Waals surface area contributed by atoms with Crippen molar-refractivity contribution in [2.75, 3.05) is 11.4 Å². The van der Waals surface area contributed by atoms with Gasteiger partial charge in [-0.25, -0.2) is 4.98 Å². The standard InChI is InChI=1S/C10H9FN2/c11-10-9(5-4-6-12-10)13-7-2-1-3-8-13/h1-7H,8H2. The summed E-state index contributed by atoms with van der Waals surface area (Å²) in [6, 6.07) is 3.44. The van der Waals surface area contributed by atoms with Gasteiger partial charge >= 0.3 is 0 Å². The Morgan fingerprint density at radius 2 is 2.31 bits per heavy atom. The molecule has 2 nitrogen and oxygen atoms in total. The molecule has 3 heteroatoms. The van der Waals surface area contributed by atoms with Gasteiger partial charge in [0, 0.05) is 18.9 Å². The maximum absolute atomic E-state index is 13.2. The van der Waals surface area contributed by atoms with Crippen LogP contribution in [0.5, 0.6) is 0 Å². The molecule has 0 unspecified atom stereocenters. The van der Waals surface area contributed by atoms with Gasteiger partial charge in [0.05, 0.1) is 5.69 Å². The van der Waals surface area contributed by atoms with E-state index in [2.05, 4.69) is 4.98 Å². The summed E-state index contributed by atoms with van der Waals surface area (Å²) in [5, 5.41) is 0. The van der Waals surface area contributed by atoms with Gasteiger partial charge in [-0.3, -0.25) is 0 Å². The lowest BCUT2D eigenvalue weighted by Crippen LogP contribution is -2.18. The minimum atomic E-state index is -0.428. The number of aromatic nitrogens is 1. The third kappa shape index (κ3) is 1.59. The number of halogens is 1. The highest BCUT2D eigenvalue weighted by atomic mass is 19.1. The normalized spacial score (nSPS) is 15.0. The molecular weight excluding hydrogens is 167 g/mol. The van der Waals surface area contributed by atoms with Gasteiger partial charge in [-0.05, 0) is 18.2 Å². The first-order valence-corrected chi connectivity index (χ1v) is 4.08. The molecule has 66 valence electrons. The molecule has 0 amide bonds. The van der Waals surface area contributed by atoms with Gasteiger partial charge in [0.25, 0.3) is 0 Å². The van der Waals surface area contributed by atoms with Crippen LogP contribution in [0.2, 0.25) is 0 Å². The van der Waals surface area contributed by atoms with Crippen molar-refractivity contribution < 1.29 is 4.39 Å². The van der Waals surface area contributed by atoms with Gasteiger partial charge < -0.3 is 4.90 Å². The van der Waals surface area contributed by atoms with Crippen molar-refractivity contribution in [3.05, 3.63) is 48.7 Å². The van der Waals surface area contributed by atoms with Gasteiger partial charge in [-0.2, -0.15) is 4.39 Å². The average Bonchev–Trinajstić information content (AvgIpc) is 2.20. The summed E-state index contributed by atoms with van der Waals surface area (Å²) in [4.78, 5) is 5.40. The van der Waals surface area contributed by atoms with Gasteiger partial charge in [0.1, 0.15) is 0 Å². The van der Waals surface area contributed by atoms with E-state index in [1.54, 1.807) is 12.1 Å². The van der Waals surface area contributed by atoms with Crippen molar-refractivity contribution in [2.24, 2.45) is 0 Å². The highest BCUT2D eigenvalue weighted by Gasteiger charge is 2.08. The number of nitrogens with zero attached hydrogens (tertiary/aromatic N) is 2. The van der Waals surface area contributed by atoms with E-state index < -0.39 is 5.95 Å². The van der Waals surface area contributed by atoms with Crippen molar-refractivity contribution >= 4 is 5.69 Å². The van der Waals surface area contributed by atoms with E-state index in [-0.39, 0.29) is 0 Å². The van der Waals surface area contributed by atoms with Crippen molar-refractivity contribution in [1.82, 2.24) is 4.98 Å². The van der Waals surface area contributed by atoms with Crippen LogP contribution in [0.4, 0.5) is 10.1 Å². The molecule has 2 rings (SSSR count). The smallest absolute Gasteiger partial charge is 0.236 e. The van der Waals surface area contributed by atoms with Gasteiger partial charge in [-0.1, -0.05) is 12.2 Å².